The van der Waals surface area contributed by atoms with E-state index in [4.69, 9.17) is 11.6 Å². The highest BCUT2D eigenvalue weighted by molar-refractivity contribution is 6.33. The smallest absolute Gasteiger partial charge is 0.324 e. The summed E-state index contributed by atoms with van der Waals surface area (Å²) in [5.41, 5.74) is -1.04. The lowest BCUT2D eigenvalue weighted by atomic mass is 9.97. The summed E-state index contributed by atoms with van der Waals surface area (Å²) in [7, 11) is 0. The third-order valence-electron chi connectivity index (χ3n) is 3.92. The molecule has 0 saturated carbocycles. The Bertz CT molecular complexity index is 586. The van der Waals surface area contributed by atoms with Crippen molar-refractivity contribution >= 4 is 23.2 Å². The van der Waals surface area contributed by atoms with Crippen LogP contribution < -0.4 is 5.32 Å². The van der Waals surface area contributed by atoms with Crippen molar-refractivity contribution in [2.24, 2.45) is 5.92 Å². The maximum absolute atomic E-state index is 12.7. The van der Waals surface area contributed by atoms with Crippen molar-refractivity contribution in [3.05, 3.63) is 28.8 Å². The molecular weight excluding hydrogens is 355 g/mol. The average Bonchev–Trinajstić information content (AvgIpc) is 2.48. The topological polar surface area (TPSA) is 32.3 Å². The molecule has 0 atom stereocenters. The number of likely N-dealkylation sites (tertiary alicyclic amines) is 1. The van der Waals surface area contributed by atoms with Gasteiger partial charge in [0.25, 0.3) is 0 Å². The van der Waals surface area contributed by atoms with Crippen molar-refractivity contribution < 1.29 is 26.7 Å². The summed E-state index contributed by atoms with van der Waals surface area (Å²) in [6, 6.07) is 2.66. The van der Waals surface area contributed by atoms with Crippen LogP contribution in [0.3, 0.4) is 0 Å². The molecule has 0 spiro atoms. The van der Waals surface area contributed by atoms with Gasteiger partial charge in [0.05, 0.1) is 22.8 Å². The third-order valence-corrected chi connectivity index (χ3v) is 4.25. The predicted octanol–water partition coefficient (Wildman–Crippen LogP) is 4.27. The molecule has 0 radical (unpaired) electrons. The Morgan fingerprint density at radius 3 is 2.46 bits per heavy atom. The molecule has 0 unspecified atom stereocenters. The van der Waals surface area contributed by atoms with Gasteiger partial charge in [-0.05, 0) is 44.1 Å². The first-order valence-electron chi connectivity index (χ1n) is 7.34. The molecule has 0 aliphatic carbocycles. The lowest BCUT2D eigenvalue weighted by Gasteiger charge is -2.30. The monoisotopic (exact) mass is 370 g/mol. The van der Waals surface area contributed by atoms with Gasteiger partial charge in [-0.25, -0.2) is 8.78 Å². The second kappa shape index (κ2) is 7.65. The molecule has 1 aliphatic rings. The van der Waals surface area contributed by atoms with Crippen molar-refractivity contribution in [1.29, 1.82) is 0 Å². The number of piperidine rings is 1. The maximum Gasteiger partial charge on any atom is 0.416 e. The van der Waals surface area contributed by atoms with Gasteiger partial charge in [-0.15, -0.1) is 0 Å². The summed E-state index contributed by atoms with van der Waals surface area (Å²) in [5.74, 6) is -1.20. The van der Waals surface area contributed by atoms with E-state index < -0.39 is 30.0 Å². The third kappa shape index (κ3) is 5.04. The number of anilines is 1. The summed E-state index contributed by atoms with van der Waals surface area (Å²) in [5, 5.41) is 2.34. The van der Waals surface area contributed by atoms with Crippen LogP contribution in [0.25, 0.3) is 0 Å². The molecule has 1 amide bonds. The number of rotatable bonds is 4. The molecule has 24 heavy (non-hydrogen) atoms. The Balaban J connectivity index is 1.93. The first-order valence-corrected chi connectivity index (χ1v) is 7.71. The fourth-order valence-corrected chi connectivity index (χ4v) is 2.72. The molecule has 3 nitrogen and oxygen atoms in total. The Labute approximate surface area is 140 Å². The van der Waals surface area contributed by atoms with E-state index in [0.717, 1.165) is 18.2 Å². The first-order chi connectivity index (χ1) is 11.2. The summed E-state index contributed by atoms with van der Waals surface area (Å²) in [6.45, 7) is 0.611. The lowest BCUT2D eigenvalue weighted by molar-refractivity contribution is -0.137. The van der Waals surface area contributed by atoms with Gasteiger partial charge in [0, 0.05) is 5.92 Å². The van der Waals surface area contributed by atoms with E-state index in [2.05, 4.69) is 5.32 Å². The van der Waals surface area contributed by atoms with E-state index >= 15 is 0 Å². The summed E-state index contributed by atoms with van der Waals surface area (Å²) in [6.07, 6.45) is -6.34. The van der Waals surface area contributed by atoms with Crippen LogP contribution in [-0.2, 0) is 11.0 Å². The van der Waals surface area contributed by atoms with Crippen molar-refractivity contribution in [3.8, 4) is 0 Å². The highest BCUT2D eigenvalue weighted by Crippen LogP contribution is 2.33. The minimum atomic E-state index is -4.54. The first kappa shape index (κ1) is 18.9. The standard InChI is InChI=1S/C15H16ClF5N2O/c16-11-2-1-10(15(19,20)21)7-12(11)22-13(24)8-23-5-3-9(4-6-23)14(17)18/h1-2,7,9,14H,3-6,8H2,(H,22,24). The molecule has 9 heteroatoms. The van der Waals surface area contributed by atoms with E-state index in [9.17, 15) is 26.7 Å². The average molecular weight is 371 g/mol. The molecule has 1 saturated heterocycles. The number of hydrogen-bond donors (Lipinski definition) is 1. The van der Waals surface area contributed by atoms with Gasteiger partial charge in [0.2, 0.25) is 12.3 Å². The molecule has 1 N–H and O–H groups in total. The Morgan fingerprint density at radius 1 is 1.29 bits per heavy atom. The van der Waals surface area contributed by atoms with Gasteiger partial charge in [-0.1, -0.05) is 11.6 Å². The zero-order chi connectivity index (χ0) is 17.9. The highest BCUT2D eigenvalue weighted by atomic mass is 35.5. The van der Waals surface area contributed by atoms with Gasteiger partial charge in [0.1, 0.15) is 0 Å². The van der Waals surface area contributed by atoms with Crippen LogP contribution in [0.5, 0.6) is 0 Å². The molecule has 0 bridgehead atoms. The minimum absolute atomic E-state index is 0.00671. The number of hydrogen-bond acceptors (Lipinski definition) is 2. The number of alkyl halides is 5. The molecule has 1 aromatic carbocycles. The van der Waals surface area contributed by atoms with Gasteiger partial charge in [0.15, 0.2) is 0 Å². The maximum atomic E-state index is 12.7. The Hall–Kier alpha value is -1.41. The van der Waals surface area contributed by atoms with E-state index in [1.165, 1.54) is 0 Å². The summed E-state index contributed by atoms with van der Waals surface area (Å²) in [4.78, 5) is 13.7. The van der Waals surface area contributed by atoms with Crippen LogP contribution in [0.1, 0.15) is 18.4 Å². The molecular formula is C15H16ClF5N2O. The second-order valence-corrected chi connectivity index (χ2v) is 6.10. The van der Waals surface area contributed by atoms with Crippen LogP contribution in [0.4, 0.5) is 27.6 Å². The molecule has 134 valence electrons. The Morgan fingerprint density at radius 2 is 1.92 bits per heavy atom. The zero-order valence-electron chi connectivity index (χ0n) is 12.5. The molecule has 2 rings (SSSR count). The van der Waals surface area contributed by atoms with E-state index in [-0.39, 0.29) is 30.1 Å². The highest BCUT2D eigenvalue weighted by Gasteiger charge is 2.31. The normalized spacial score (nSPS) is 17.3. The van der Waals surface area contributed by atoms with Crippen LogP contribution in [0.15, 0.2) is 18.2 Å². The number of nitrogens with zero attached hydrogens (tertiary/aromatic N) is 1. The molecule has 0 aromatic heterocycles. The van der Waals surface area contributed by atoms with E-state index in [1.54, 1.807) is 4.90 Å². The zero-order valence-corrected chi connectivity index (χ0v) is 13.3. The number of nitrogens with one attached hydrogen (secondary N) is 1. The molecule has 1 fully saturated rings. The van der Waals surface area contributed by atoms with Crippen LogP contribution >= 0.6 is 11.6 Å². The second-order valence-electron chi connectivity index (χ2n) is 5.69. The molecule has 1 aliphatic heterocycles. The molecule has 1 heterocycles. The molecule has 1 aromatic rings. The van der Waals surface area contributed by atoms with E-state index in [1.807, 2.05) is 0 Å². The summed E-state index contributed by atoms with van der Waals surface area (Å²) < 4.78 is 63.2. The number of carbonyl (C=O) groups excluding carboxylic acids is 1. The number of carbonyl (C=O) groups is 1. The van der Waals surface area contributed by atoms with Gasteiger partial charge < -0.3 is 5.32 Å². The van der Waals surface area contributed by atoms with Crippen molar-refractivity contribution in [1.82, 2.24) is 4.90 Å². The largest absolute Gasteiger partial charge is 0.416 e. The van der Waals surface area contributed by atoms with Gasteiger partial charge >= 0.3 is 6.18 Å². The lowest BCUT2D eigenvalue weighted by Crippen LogP contribution is -2.40. The fourth-order valence-electron chi connectivity index (χ4n) is 2.55. The Kier molecular flexibility index (Phi) is 6.03. The number of halogens is 6. The SMILES string of the molecule is O=C(CN1CCC(C(F)F)CC1)Nc1cc(C(F)(F)F)ccc1Cl. The van der Waals surface area contributed by atoms with Gasteiger partial charge in [-0.2, -0.15) is 13.2 Å². The van der Waals surface area contributed by atoms with Crippen LogP contribution in [0, 0.1) is 5.92 Å². The summed E-state index contributed by atoms with van der Waals surface area (Å²) >= 11 is 5.81. The fraction of sp³-hybridized carbons (Fsp3) is 0.533. The van der Waals surface area contributed by atoms with Crippen molar-refractivity contribution in [3.63, 3.8) is 0 Å². The number of amides is 1. The predicted molar refractivity (Wildman–Crippen MR) is 80.3 cm³/mol. The van der Waals surface area contributed by atoms with Crippen LogP contribution in [-0.4, -0.2) is 36.9 Å². The van der Waals surface area contributed by atoms with Crippen molar-refractivity contribution in [2.75, 3.05) is 25.0 Å². The van der Waals surface area contributed by atoms with Crippen molar-refractivity contribution in [2.45, 2.75) is 25.4 Å². The number of benzene rings is 1. The quantitative estimate of drug-likeness (QED) is 0.803. The van der Waals surface area contributed by atoms with E-state index in [0.29, 0.717) is 13.1 Å². The minimum Gasteiger partial charge on any atom is -0.324 e. The van der Waals surface area contributed by atoms with Gasteiger partial charge in [-0.3, -0.25) is 9.69 Å². The van der Waals surface area contributed by atoms with Crippen LogP contribution in [0.2, 0.25) is 5.02 Å².